The van der Waals surface area contributed by atoms with Gasteiger partial charge in [0.2, 0.25) is 11.8 Å². The molecule has 12 heteroatoms. The van der Waals surface area contributed by atoms with E-state index in [2.05, 4.69) is 54.1 Å². The van der Waals surface area contributed by atoms with E-state index in [0.29, 0.717) is 58.0 Å². The van der Waals surface area contributed by atoms with Crippen LogP contribution >= 0.6 is 0 Å². The van der Waals surface area contributed by atoms with Gasteiger partial charge in [-0.3, -0.25) is 9.59 Å². The number of fused-ring (bicyclic) bond motifs is 3. The van der Waals surface area contributed by atoms with Crippen LogP contribution in [0, 0.1) is 11.8 Å². The van der Waals surface area contributed by atoms with Crippen LogP contribution in [0.4, 0.5) is 9.59 Å². The largest absolute Gasteiger partial charge is 0.461 e. The maximum absolute atomic E-state index is 14.6. The molecule has 0 unspecified atom stereocenters. The van der Waals surface area contributed by atoms with Gasteiger partial charge in [0.15, 0.2) is 0 Å². The van der Waals surface area contributed by atoms with Gasteiger partial charge >= 0.3 is 18.2 Å². The zero-order valence-corrected chi connectivity index (χ0v) is 39.0. The van der Waals surface area contributed by atoms with Crippen molar-refractivity contribution in [3.63, 3.8) is 0 Å². The van der Waals surface area contributed by atoms with Gasteiger partial charge in [-0.05, 0) is 125 Å². The third kappa shape index (κ3) is 14.4. The molecule has 12 nitrogen and oxygen atoms in total. The molecule has 0 bridgehead atoms. The van der Waals surface area contributed by atoms with Gasteiger partial charge in [-0.15, -0.1) is 0 Å². The van der Waals surface area contributed by atoms with E-state index in [4.69, 9.17) is 14.2 Å². The molecule has 3 N–H and O–H groups in total. The number of alkyl carbamates (subject to hydrolysis) is 2. The minimum absolute atomic E-state index is 0.0415. The van der Waals surface area contributed by atoms with E-state index in [1.54, 1.807) is 4.90 Å². The maximum atomic E-state index is 14.6. The molecule has 2 fully saturated rings. The number of carbonyl (C=O) groups excluding carboxylic acids is 5. The summed E-state index contributed by atoms with van der Waals surface area (Å²) in [4.78, 5) is 69.9. The van der Waals surface area contributed by atoms with Crippen LogP contribution in [0.2, 0.25) is 0 Å². The summed E-state index contributed by atoms with van der Waals surface area (Å²) in [5.74, 6) is -1.44. The fourth-order valence-corrected chi connectivity index (χ4v) is 9.30. The van der Waals surface area contributed by atoms with Crippen LogP contribution < -0.4 is 16.0 Å². The van der Waals surface area contributed by atoms with Crippen molar-refractivity contribution in [2.24, 2.45) is 11.8 Å². The summed E-state index contributed by atoms with van der Waals surface area (Å²) in [5.41, 5.74) is 4.91. The minimum Gasteiger partial charge on any atom is -0.461 e. The van der Waals surface area contributed by atoms with Gasteiger partial charge in [0, 0.05) is 19.0 Å². The zero-order chi connectivity index (χ0) is 46.3. The van der Waals surface area contributed by atoms with E-state index < -0.39 is 41.8 Å². The fourth-order valence-electron chi connectivity index (χ4n) is 9.30. The molecule has 3 aliphatic rings. The standard InChI is InChI=1S/C53H70N4O8/c1-36(2)33-39(55-52(62)65-53(3,4)5)30-29-38(34-37-19-8-6-9-20-37)49(59)57-32-18-28-47(57)48(58)56-46(50(60)64-40-21-10-7-11-22-40)27-16-17-31-54-51(61)63-35-45-43-25-14-12-23-41(43)42-24-13-15-26-44(42)45/h6,8-9,12-15,19-20,23-26,29-30,36,38-40,45-47H,7,10-11,16-18,21-22,27-28,31-35H2,1-5H3,(H,54,61)(H,55,62)(H,56,58)/b30-29+/t38-,39-,46+,47-/m1/s1. The number of rotatable bonds is 19. The second-order valence-corrected chi connectivity index (χ2v) is 19.3. The molecule has 1 saturated carbocycles. The van der Waals surface area contributed by atoms with Crippen LogP contribution in [-0.2, 0) is 35.0 Å². The van der Waals surface area contributed by atoms with Crippen LogP contribution in [0.5, 0.6) is 0 Å². The Balaban J connectivity index is 1.07. The van der Waals surface area contributed by atoms with Crippen molar-refractivity contribution in [1.82, 2.24) is 20.9 Å². The molecule has 2 aliphatic carbocycles. The summed E-state index contributed by atoms with van der Waals surface area (Å²) in [6, 6.07) is 24.1. The molecular weight excluding hydrogens is 821 g/mol. The van der Waals surface area contributed by atoms with Crippen LogP contribution in [0.15, 0.2) is 91.0 Å². The number of likely N-dealkylation sites (tertiary alicyclic amines) is 1. The fraction of sp³-hybridized carbons (Fsp3) is 0.528. The highest BCUT2D eigenvalue weighted by Gasteiger charge is 2.39. The first kappa shape index (κ1) is 48.8. The number of hydrogen-bond donors (Lipinski definition) is 3. The second kappa shape index (κ2) is 23.5. The molecule has 4 amide bonds. The topological polar surface area (TPSA) is 152 Å². The van der Waals surface area contributed by atoms with Crippen molar-refractivity contribution in [2.75, 3.05) is 19.7 Å². The molecule has 3 aromatic carbocycles. The third-order valence-electron chi connectivity index (χ3n) is 12.4. The molecule has 65 heavy (non-hydrogen) atoms. The second-order valence-electron chi connectivity index (χ2n) is 19.3. The van der Waals surface area contributed by atoms with Crippen LogP contribution in [0.1, 0.15) is 128 Å². The van der Waals surface area contributed by atoms with E-state index in [1.807, 2.05) is 87.5 Å². The van der Waals surface area contributed by atoms with Crippen molar-refractivity contribution in [3.05, 3.63) is 108 Å². The molecule has 1 heterocycles. The average Bonchev–Trinajstić information content (AvgIpc) is 3.90. The molecule has 1 aliphatic heterocycles. The van der Waals surface area contributed by atoms with E-state index in [-0.39, 0.29) is 42.4 Å². The van der Waals surface area contributed by atoms with Gasteiger partial charge < -0.3 is 35.1 Å². The molecule has 4 atom stereocenters. The Morgan fingerprint density at radius 1 is 0.769 bits per heavy atom. The first-order valence-corrected chi connectivity index (χ1v) is 23.9. The Bertz CT molecular complexity index is 2050. The lowest BCUT2D eigenvalue weighted by molar-refractivity contribution is -0.155. The van der Waals surface area contributed by atoms with Crippen molar-refractivity contribution in [3.8, 4) is 11.1 Å². The Morgan fingerprint density at radius 3 is 2.09 bits per heavy atom. The van der Waals surface area contributed by atoms with Gasteiger partial charge in [-0.25, -0.2) is 14.4 Å². The third-order valence-corrected chi connectivity index (χ3v) is 12.4. The first-order chi connectivity index (χ1) is 31.3. The lowest BCUT2D eigenvalue weighted by Gasteiger charge is -2.30. The number of unbranched alkanes of at least 4 members (excludes halogenated alkanes) is 1. The van der Waals surface area contributed by atoms with E-state index in [0.717, 1.165) is 59.9 Å². The molecular formula is C53H70N4O8. The van der Waals surface area contributed by atoms with Crippen molar-refractivity contribution < 1.29 is 38.2 Å². The van der Waals surface area contributed by atoms with Gasteiger partial charge in [-0.1, -0.05) is 111 Å². The van der Waals surface area contributed by atoms with Crippen LogP contribution in [0.3, 0.4) is 0 Å². The number of esters is 1. The maximum Gasteiger partial charge on any atom is 0.408 e. The van der Waals surface area contributed by atoms with E-state index in [1.165, 1.54) is 0 Å². The molecule has 0 radical (unpaired) electrons. The molecule has 350 valence electrons. The minimum atomic E-state index is -0.910. The highest BCUT2D eigenvalue weighted by atomic mass is 16.6. The molecule has 0 spiro atoms. The number of amides is 4. The van der Waals surface area contributed by atoms with Crippen LogP contribution in [0.25, 0.3) is 11.1 Å². The number of hydrogen-bond acceptors (Lipinski definition) is 8. The lowest BCUT2D eigenvalue weighted by atomic mass is 9.94. The quantitative estimate of drug-likeness (QED) is 0.0466. The molecule has 3 aromatic rings. The monoisotopic (exact) mass is 891 g/mol. The highest BCUT2D eigenvalue weighted by molar-refractivity contribution is 5.92. The number of ether oxygens (including phenoxy) is 3. The highest BCUT2D eigenvalue weighted by Crippen LogP contribution is 2.44. The van der Waals surface area contributed by atoms with Crippen LogP contribution in [-0.4, -0.2) is 84.4 Å². The Labute approximate surface area is 385 Å². The van der Waals surface area contributed by atoms with Crippen molar-refractivity contribution in [1.29, 1.82) is 0 Å². The van der Waals surface area contributed by atoms with E-state index >= 15 is 0 Å². The molecule has 1 saturated heterocycles. The first-order valence-electron chi connectivity index (χ1n) is 23.9. The number of nitrogens with zero attached hydrogens (tertiary/aromatic N) is 1. The Kier molecular flexibility index (Phi) is 17.6. The normalized spacial score (nSPS) is 17.8. The predicted octanol–water partition coefficient (Wildman–Crippen LogP) is 9.40. The molecule has 0 aromatic heterocycles. The Hall–Kier alpha value is -5.65. The van der Waals surface area contributed by atoms with Crippen molar-refractivity contribution in [2.45, 2.75) is 147 Å². The summed E-state index contributed by atoms with van der Waals surface area (Å²) >= 11 is 0. The molecule has 6 rings (SSSR count). The summed E-state index contributed by atoms with van der Waals surface area (Å²) in [6.45, 7) is 10.5. The lowest BCUT2D eigenvalue weighted by Crippen LogP contribution is -2.52. The number of carbonyl (C=O) groups is 5. The SMILES string of the molecule is CC(C)C[C@@H](/C=C/[C@H](Cc1ccccc1)C(=O)N1CCC[C@@H]1C(=O)N[C@@H](CCCCNC(=O)OCC1c2ccccc2-c2ccccc21)C(=O)OC1CCCCC1)NC(=O)OC(C)(C)C. The predicted molar refractivity (Wildman–Crippen MR) is 252 cm³/mol. The number of benzene rings is 3. The smallest absolute Gasteiger partial charge is 0.408 e. The summed E-state index contributed by atoms with van der Waals surface area (Å²) < 4.78 is 17.2. The van der Waals surface area contributed by atoms with Gasteiger partial charge in [0.25, 0.3) is 0 Å². The van der Waals surface area contributed by atoms with Gasteiger partial charge in [-0.2, -0.15) is 0 Å². The average molecular weight is 891 g/mol. The Morgan fingerprint density at radius 2 is 1.43 bits per heavy atom. The zero-order valence-electron chi connectivity index (χ0n) is 39.0. The summed E-state index contributed by atoms with van der Waals surface area (Å²) in [7, 11) is 0. The van der Waals surface area contributed by atoms with Crippen molar-refractivity contribution >= 4 is 30.0 Å². The van der Waals surface area contributed by atoms with E-state index in [9.17, 15) is 24.0 Å². The van der Waals surface area contributed by atoms with Gasteiger partial charge in [0.05, 0.1) is 12.0 Å². The summed E-state index contributed by atoms with van der Waals surface area (Å²) in [6.07, 6.45) is 10.7. The summed E-state index contributed by atoms with van der Waals surface area (Å²) in [5, 5.41) is 8.83. The van der Waals surface area contributed by atoms with Gasteiger partial charge in [0.1, 0.15) is 30.4 Å². The number of nitrogens with one attached hydrogen (secondary N) is 3.